The average molecular weight is 1420 g/mol. The molecule has 0 saturated heterocycles. The molecule has 8 aliphatic rings. The van der Waals surface area contributed by atoms with E-state index in [0.29, 0.717) is 0 Å². The van der Waals surface area contributed by atoms with E-state index in [1.54, 1.807) is 16.9 Å². The van der Waals surface area contributed by atoms with Crippen molar-refractivity contribution in [3.05, 3.63) is 98.2 Å². The molecule has 0 aromatic carbocycles. The van der Waals surface area contributed by atoms with Gasteiger partial charge in [0.25, 0.3) is 0 Å². The molecular formula is C56H72S21. The van der Waals surface area contributed by atoms with Crippen LogP contribution in [-0.2, 0) is 0 Å². The van der Waals surface area contributed by atoms with Gasteiger partial charge in [-0.2, -0.15) is 0 Å². The third-order valence-electron chi connectivity index (χ3n) is 13.5. The molecular weight excluding hydrogens is 1350 g/mol. The van der Waals surface area contributed by atoms with E-state index in [2.05, 4.69) is 197 Å². The van der Waals surface area contributed by atoms with E-state index in [-0.39, 0.29) is 0 Å². The van der Waals surface area contributed by atoms with Gasteiger partial charge in [0.15, 0.2) is 0 Å². The second-order valence-electron chi connectivity index (χ2n) is 19.3. The van der Waals surface area contributed by atoms with Crippen molar-refractivity contribution in [2.24, 2.45) is 23.7 Å². The smallest absolute Gasteiger partial charge is 0.0718 e. The second kappa shape index (κ2) is 34.2. The first-order valence-corrected chi connectivity index (χ1v) is 45.4. The van der Waals surface area contributed by atoms with Crippen molar-refractivity contribution in [3.8, 4) is 0 Å². The zero-order chi connectivity index (χ0) is 53.7. The van der Waals surface area contributed by atoms with Crippen molar-refractivity contribution in [3.63, 3.8) is 0 Å². The Hall–Kier alpha value is 4.10. The van der Waals surface area contributed by atoms with Crippen molar-refractivity contribution >= 4 is 259 Å². The number of hydrogen-bond acceptors (Lipinski definition) is 21. The number of thioether (sulfide) groups is 20. The van der Waals surface area contributed by atoms with Crippen LogP contribution >= 0.6 is 247 Å². The van der Waals surface area contributed by atoms with Crippen LogP contribution in [0.5, 0.6) is 0 Å². The minimum atomic E-state index is 0.825. The normalized spacial score (nSPS) is 21.2. The standard InChI is InChI=1S/C56H72S21/c1-9-17-21-33(13-5)29-57-41-42(58-30-34(14-6)22-18-10-2)67-49(66-41)51-70-45-46(71-51)63-39(62-45)27-37-25-26-38(61-37)28-40-64-47-48(65-40)73-53(72-47)54-76-55-56(77-54)75-52(74-55)50-68-43(59-31-35(15-7)23-19-11-3)44(69-50)60-32-36(16-8)24-20-12-4/h25-28,33-36H,9-24,29-32H2,1-8H3. The van der Waals surface area contributed by atoms with Crippen LogP contribution in [0.15, 0.2) is 88.4 Å². The fraction of sp³-hybridized carbons (Fsp3) is 0.571. The molecule has 8 aliphatic heterocycles. The van der Waals surface area contributed by atoms with E-state index in [4.69, 9.17) is 0 Å². The summed E-state index contributed by atoms with van der Waals surface area (Å²) in [5, 5.41) is 0. The Morgan fingerprint density at radius 3 is 0.753 bits per heavy atom. The Morgan fingerprint density at radius 2 is 0.532 bits per heavy atom. The predicted molar refractivity (Wildman–Crippen MR) is 401 cm³/mol. The van der Waals surface area contributed by atoms with Gasteiger partial charge in [0.05, 0.1) is 76.3 Å². The molecule has 0 radical (unpaired) electrons. The number of rotatable bonds is 30. The van der Waals surface area contributed by atoms with Crippen LogP contribution < -0.4 is 0 Å². The predicted octanol–water partition coefficient (Wildman–Crippen LogP) is 29.0. The summed E-state index contributed by atoms with van der Waals surface area (Å²) in [5.74, 6) is 8.34. The van der Waals surface area contributed by atoms with Gasteiger partial charge in [-0.05, 0) is 73.6 Å². The number of unbranched alkanes of at least 4 members (excludes halogenated alkanes) is 4. The summed E-state index contributed by atoms with van der Waals surface area (Å²) in [6, 6.07) is 4.66. The Balaban J connectivity index is 0.742. The monoisotopic (exact) mass is 1420 g/mol. The summed E-state index contributed by atoms with van der Waals surface area (Å²) >= 11 is 43.2. The van der Waals surface area contributed by atoms with Gasteiger partial charge in [-0.25, -0.2) is 0 Å². The Bertz CT molecular complexity index is 2450. The molecule has 0 N–H and O–H groups in total. The topological polar surface area (TPSA) is 0 Å². The van der Waals surface area contributed by atoms with Gasteiger partial charge in [-0.15, -0.1) is 58.4 Å². The lowest BCUT2D eigenvalue weighted by atomic mass is 10.0. The van der Waals surface area contributed by atoms with E-state index in [0.717, 1.165) is 23.7 Å². The molecule has 9 heterocycles. The van der Waals surface area contributed by atoms with Crippen LogP contribution in [-0.4, -0.2) is 23.0 Å². The molecule has 21 heteroatoms. The first kappa shape index (κ1) is 65.5. The van der Waals surface area contributed by atoms with Gasteiger partial charge in [0, 0.05) is 32.8 Å². The molecule has 0 nitrogen and oxygen atoms in total. The highest BCUT2D eigenvalue weighted by molar-refractivity contribution is 8.53. The zero-order valence-corrected chi connectivity index (χ0v) is 62.5. The summed E-state index contributed by atoms with van der Waals surface area (Å²) in [4.78, 5) is 2.70. The third-order valence-corrected chi connectivity index (χ3v) is 44.6. The molecule has 0 spiro atoms. The Morgan fingerprint density at radius 1 is 0.312 bits per heavy atom. The van der Waals surface area contributed by atoms with Crippen molar-refractivity contribution in [1.82, 2.24) is 0 Å². The molecule has 0 saturated carbocycles. The molecule has 9 rings (SSSR count). The van der Waals surface area contributed by atoms with E-state index in [9.17, 15) is 0 Å². The quantitative estimate of drug-likeness (QED) is 0.0717. The van der Waals surface area contributed by atoms with E-state index >= 15 is 0 Å². The van der Waals surface area contributed by atoms with Crippen LogP contribution in [0.3, 0.4) is 0 Å². The summed E-state index contributed by atoms with van der Waals surface area (Å²) < 4.78 is 27.2. The van der Waals surface area contributed by atoms with Gasteiger partial charge < -0.3 is 0 Å². The molecule has 0 amide bonds. The van der Waals surface area contributed by atoms with E-state index in [1.165, 1.54) is 195 Å². The van der Waals surface area contributed by atoms with Crippen molar-refractivity contribution in [1.29, 1.82) is 0 Å². The summed E-state index contributed by atoms with van der Waals surface area (Å²) in [6.07, 6.45) is 26.2. The largest absolute Gasteiger partial charge is 0.136 e. The minimum Gasteiger partial charge on any atom is -0.136 e. The molecule has 1 aromatic heterocycles. The fourth-order valence-electron chi connectivity index (χ4n) is 8.43. The second-order valence-corrected chi connectivity index (χ2v) is 45.7. The average Bonchev–Trinajstić information content (AvgIpc) is 4.31. The van der Waals surface area contributed by atoms with Crippen molar-refractivity contribution < 1.29 is 0 Å². The molecule has 0 bridgehead atoms. The molecule has 422 valence electrons. The fourth-order valence-corrected chi connectivity index (χ4v) is 42.2. The molecule has 4 atom stereocenters. The Kier molecular flexibility index (Phi) is 29.1. The molecule has 77 heavy (non-hydrogen) atoms. The minimum absolute atomic E-state index is 0.825. The maximum atomic E-state index is 2.43. The highest BCUT2D eigenvalue weighted by atomic mass is 32.3. The summed E-state index contributed by atoms with van der Waals surface area (Å²) in [5.41, 5.74) is 0. The van der Waals surface area contributed by atoms with Crippen molar-refractivity contribution in [2.75, 3.05) is 23.0 Å². The van der Waals surface area contributed by atoms with Gasteiger partial charge in [0.1, 0.15) is 0 Å². The number of hydrogen-bond donors (Lipinski definition) is 0. The van der Waals surface area contributed by atoms with Crippen LogP contribution in [0, 0.1) is 23.7 Å². The zero-order valence-electron chi connectivity index (χ0n) is 45.3. The lowest BCUT2D eigenvalue weighted by Crippen LogP contribution is -2.03. The Labute approximate surface area is 554 Å². The molecule has 0 aliphatic carbocycles. The van der Waals surface area contributed by atoms with Gasteiger partial charge >= 0.3 is 0 Å². The first-order chi connectivity index (χ1) is 37.7. The van der Waals surface area contributed by atoms with Gasteiger partial charge in [0.2, 0.25) is 0 Å². The first-order valence-electron chi connectivity index (χ1n) is 27.5. The van der Waals surface area contributed by atoms with Gasteiger partial charge in [-0.3, -0.25) is 0 Å². The summed E-state index contributed by atoms with van der Waals surface area (Å²) in [7, 11) is 0. The van der Waals surface area contributed by atoms with E-state index in [1.807, 2.05) is 129 Å². The van der Waals surface area contributed by atoms with Crippen molar-refractivity contribution in [2.45, 2.75) is 158 Å². The third kappa shape index (κ3) is 18.8. The van der Waals surface area contributed by atoms with Crippen LogP contribution in [0.25, 0.3) is 12.2 Å². The molecule has 1 aromatic rings. The highest BCUT2D eigenvalue weighted by Gasteiger charge is 2.40. The van der Waals surface area contributed by atoms with E-state index < -0.39 is 0 Å². The molecule has 0 fully saturated rings. The highest BCUT2D eigenvalue weighted by Crippen LogP contribution is 2.76. The maximum Gasteiger partial charge on any atom is 0.0718 e. The summed E-state index contributed by atoms with van der Waals surface area (Å²) in [6.45, 7) is 18.9. The molecule has 4 unspecified atom stereocenters. The van der Waals surface area contributed by atoms with Gasteiger partial charge in [-0.1, -0.05) is 321 Å². The van der Waals surface area contributed by atoms with Crippen LogP contribution in [0.2, 0.25) is 0 Å². The number of thiophene rings is 1. The SMILES string of the molecule is CCCCC(CC)CSC1=C(SCC(CC)CCCC)SC(=C2SC3=C(SC(=Cc4ccc(C=C5SC6=C(S5)SC(=C5SC7=C(SC(=C8SC(SCC(CC)CCCC)=C(SCC(CC)CCCC)S8)S7)S5)S6)s4)S3)S2)S1. The lowest BCUT2D eigenvalue weighted by molar-refractivity contribution is 0.500. The van der Waals surface area contributed by atoms with Crippen LogP contribution in [0.4, 0.5) is 0 Å². The van der Waals surface area contributed by atoms with Crippen LogP contribution in [0.1, 0.15) is 168 Å². The lowest BCUT2D eigenvalue weighted by Gasteiger charge is -2.16. The maximum absolute atomic E-state index is 2.43.